The number of benzene rings is 1. The molecule has 0 heterocycles. The van der Waals surface area contributed by atoms with Crippen LogP contribution in [-0.2, 0) is 21.4 Å². The van der Waals surface area contributed by atoms with E-state index in [0.29, 0.717) is 6.61 Å². The van der Waals surface area contributed by atoms with E-state index in [9.17, 15) is 4.79 Å². The molecule has 1 spiro atoms. The predicted octanol–water partition coefficient (Wildman–Crippen LogP) is 3.22. The van der Waals surface area contributed by atoms with Crippen molar-refractivity contribution in [2.45, 2.75) is 31.6 Å². The first kappa shape index (κ1) is 11.3. The fourth-order valence-electron chi connectivity index (χ4n) is 3.23. The van der Waals surface area contributed by atoms with Gasteiger partial charge in [-0.2, -0.15) is 0 Å². The third-order valence-electron chi connectivity index (χ3n) is 4.08. The largest absolute Gasteiger partial charge is 0.466 e. The first-order valence-corrected chi connectivity index (χ1v) is 6.93. The molecule has 1 aromatic rings. The summed E-state index contributed by atoms with van der Waals surface area (Å²) < 4.78 is 6.31. The highest BCUT2D eigenvalue weighted by Gasteiger charge is 2.62. The maximum Gasteiger partial charge on any atom is 0.309 e. The maximum atomic E-state index is 11.9. The van der Waals surface area contributed by atoms with Crippen LogP contribution in [0.4, 0.5) is 0 Å². The Balaban J connectivity index is 1.93. The maximum absolute atomic E-state index is 11.9. The van der Waals surface area contributed by atoms with Crippen LogP contribution in [0.1, 0.15) is 30.9 Å². The number of hydrogen-bond acceptors (Lipinski definition) is 2. The molecule has 0 bridgehead atoms. The highest BCUT2D eigenvalue weighted by atomic mass is 79.9. The first-order valence-electron chi connectivity index (χ1n) is 6.13. The molecule has 0 radical (unpaired) electrons. The molecule has 0 N–H and O–H groups in total. The van der Waals surface area contributed by atoms with Gasteiger partial charge in [0.25, 0.3) is 0 Å². The van der Waals surface area contributed by atoms with Crippen molar-refractivity contribution in [1.29, 1.82) is 0 Å². The Labute approximate surface area is 109 Å². The van der Waals surface area contributed by atoms with Crippen molar-refractivity contribution in [2.75, 3.05) is 6.61 Å². The molecule has 1 fully saturated rings. The average molecular weight is 295 g/mol. The van der Waals surface area contributed by atoms with Gasteiger partial charge in [-0.25, -0.2) is 0 Å². The van der Waals surface area contributed by atoms with E-state index in [1.807, 2.05) is 6.92 Å². The lowest BCUT2D eigenvalue weighted by Crippen LogP contribution is -2.15. The summed E-state index contributed by atoms with van der Waals surface area (Å²) in [5.41, 5.74) is 2.84. The van der Waals surface area contributed by atoms with Gasteiger partial charge >= 0.3 is 5.97 Å². The van der Waals surface area contributed by atoms with Gasteiger partial charge in [-0.3, -0.25) is 4.79 Å². The summed E-state index contributed by atoms with van der Waals surface area (Å²) in [6, 6.07) is 6.32. The molecule has 2 aliphatic rings. The van der Waals surface area contributed by atoms with Crippen LogP contribution in [0, 0.1) is 5.92 Å². The van der Waals surface area contributed by atoms with Crippen LogP contribution in [0.3, 0.4) is 0 Å². The zero-order valence-electron chi connectivity index (χ0n) is 9.83. The molecule has 3 rings (SSSR count). The number of hydrogen-bond donors (Lipinski definition) is 0. The summed E-state index contributed by atoms with van der Waals surface area (Å²) in [6.07, 6.45) is 3.14. The second-order valence-corrected chi connectivity index (χ2v) is 5.79. The molecule has 2 aliphatic carbocycles. The molecular formula is C14H15BrO2. The zero-order valence-corrected chi connectivity index (χ0v) is 11.4. The molecule has 2 nitrogen and oxygen atoms in total. The minimum atomic E-state index is -0.0175. The second kappa shape index (κ2) is 3.84. The SMILES string of the molecule is CCOC(=O)C1CC12CCc1cccc(Br)c12. The Bertz CT molecular complexity index is 483. The summed E-state index contributed by atoms with van der Waals surface area (Å²) >= 11 is 3.63. The Kier molecular flexibility index (Phi) is 2.54. The van der Waals surface area contributed by atoms with E-state index >= 15 is 0 Å². The summed E-state index contributed by atoms with van der Waals surface area (Å²) in [7, 11) is 0. The van der Waals surface area contributed by atoms with Gasteiger partial charge in [0.15, 0.2) is 0 Å². The van der Waals surface area contributed by atoms with Gasteiger partial charge in [-0.1, -0.05) is 28.1 Å². The Hall–Kier alpha value is -0.830. The van der Waals surface area contributed by atoms with Gasteiger partial charge < -0.3 is 4.74 Å². The molecule has 1 saturated carbocycles. The standard InChI is InChI=1S/C14H15BrO2/c1-2-17-13(16)10-8-14(10)7-6-9-4-3-5-11(15)12(9)14/h3-5,10H,2,6-8H2,1H3. The van der Waals surface area contributed by atoms with Crippen LogP contribution < -0.4 is 0 Å². The highest BCUT2D eigenvalue weighted by molar-refractivity contribution is 9.10. The number of rotatable bonds is 2. The number of carbonyl (C=O) groups is 1. The molecule has 0 aromatic heterocycles. The molecule has 2 unspecified atom stereocenters. The monoisotopic (exact) mass is 294 g/mol. The van der Waals surface area contributed by atoms with E-state index in [2.05, 4.69) is 34.1 Å². The van der Waals surface area contributed by atoms with Crippen LogP contribution >= 0.6 is 15.9 Å². The summed E-state index contributed by atoms with van der Waals surface area (Å²) in [6.45, 7) is 2.35. The van der Waals surface area contributed by atoms with E-state index in [1.165, 1.54) is 11.1 Å². The van der Waals surface area contributed by atoms with Crippen molar-refractivity contribution in [2.24, 2.45) is 5.92 Å². The van der Waals surface area contributed by atoms with Crippen molar-refractivity contribution in [3.63, 3.8) is 0 Å². The molecule has 2 atom stereocenters. The smallest absolute Gasteiger partial charge is 0.309 e. The summed E-state index contributed by atoms with van der Waals surface area (Å²) in [4.78, 5) is 11.9. The highest BCUT2D eigenvalue weighted by Crippen LogP contribution is 2.63. The molecule has 1 aromatic carbocycles. The Morgan fingerprint density at radius 3 is 3.18 bits per heavy atom. The number of ether oxygens (including phenoxy) is 1. The third kappa shape index (κ3) is 1.55. The van der Waals surface area contributed by atoms with Crippen LogP contribution in [-0.4, -0.2) is 12.6 Å². The van der Waals surface area contributed by atoms with E-state index in [0.717, 1.165) is 23.7 Å². The Morgan fingerprint density at radius 2 is 2.41 bits per heavy atom. The second-order valence-electron chi connectivity index (χ2n) is 4.94. The van der Waals surface area contributed by atoms with E-state index < -0.39 is 0 Å². The fourth-order valence-corrected chi connectivity index (χ4v) is 4.03. The van der Waals surface area contributed by atoms with Gasteiger partial charge in [0.1, 0.15) is 0 Å². The van der Waals surface area contributed by atoms with E-state index in [1.54, 1.807) is 0 Å². The molecule has 0 aliphatic heterocycles. The van der Waals surface area contributed by atoms with Gasteiger partial charge in [0.2, 0.25) is 0 Å². The van der Waals surface area contributed by atoms with E-state index in [-0.39, 0.29) is 17.3 Å². The predicted molar refractivity (Wildman–Crippen MR) is 68.9 cm³/mol. The number of carbonyl (C=O) groups excluding carboxylic acids is 1. The normalized spacial score (nSPS) is 29.2. The quantitative estimate of drug-likeness (QED) is 0.783. The molecule has 3 heteroatoms. The molecule has 0 amide bonds. The minimum Gasteiger partial charge on any atom is -0.466 e. The van der Waals surface area contributed by atoms with Gasteiger partial charge in [0.05, 0.1) is 12.5 Å². The van der Waals surface area contributed by atoms with Crippen molar-refractivity contribution in [3.8, 4) is 0 Å². The van der Waals surface area contributed by atoms with Gasteiger partial charge in [-0.15, -0.1) is 0 Å². The van der Waals surface area contributed by atoms with Crippen molar-refractivity contribution in [1.82, 2.24) is 0 Å². The van der Waals surface area contributed by atoms with Crippen LogP contribution in [0.5, 0.6) is 0 Å². The fraction of sp³-hybridized carbons (Fsp3) is 0.500. The Morgan fingerprint density at radius 1 is 1.59 bits per heavy atom. The number of esters is 1. The topological polar surface area (TPSA) is 26.3 Å². The minimum absolute atomic E-state index is 0.0175. The lowest BCUT2D eigenvalue weighted by molar-refractivity contribution is -0.145. The first-order chi connectivity index (χ1) is 8.19. The van der Waals surface area contributed by atoms with E-state index in [4.69, 9.17) is 4.74 Å². The van der Waals surface area contributed by atoms with Gasteiger partial charge in [-0.05, 0) is 43.4 Å². The van der Waals surface area contributed by atoms with Crippen molar-refractivity contribution < 1.29 is 9.53 Å². The molecule has 17 heavy (non-hydrogen) atoms. The third-order valence-corrected chi connectivity index (χ3v) is 4.75. The molecular weight excluding hydrogens is 280 g/mol. The lowest BCUT2D eigenvalue weighted by atomic mass is 9.95. The van der Waals surface area contributed by atoms with Crippen molar-refractivity contribution in [3.05, 3.63) is 33.8 Å². The lowest BCUT2D eigenvalue weighted by Gasteiger charge is -2.12. The number of aryl methyl sites for hydroxylation is 1. The number of fused-ring (bicyclic) bond motifs is 2. The average Bonchev–Trinajstić information content (AvgIpc) is 2.89. The zero-order chi connectivity index (χ0) is 12.0. The van der Waals surface area contributed by atoms with Crippen LogP contribution in [0.25, 0.3) is 0 Å². The molecule has 90 valence electrons. The van der Waals surface area contributed by atoms with Gasteiger partial charge in [0, 0.05) is 9.89 Å². The molecule has 0 saturated heterocycles. The van der Waals surface area contributed by atoms with Crippen LogP contribution in [0.2, 0.25) is 0 Å². The number of halogens is 1. The van der Waals surface area contributed by atoms with Crippen molar-refractivity contribution >= 4 is 21.9 Å². The van der Waals surface area contributed by atoms with Crippen LogP contribution in [0.15, 0.2) is 22.7 Å². The summed E-state index contributed by atoms with van der Waals surface area (Å²) in [5.74, 6) is 0.0681. The summed E-state index contributed by atoms with van der Waals surface area (Å²) in [5, 5.41) is 0.